The third-order valence-electron chi connectivity index (χ3n) is 10.0. The molecule has 0 fully saturated rings. The van der Waals surface area contributed by atoms with E-state index < -0.39 is 32.5 Å². The molecule has 314 valence electrons. The van der Waals surface area contributed by atoms with Crippen LogP contribution in [-0.4, -0.2) is 41.0 Å². The topological polar surface area (TPSA) is 119 Å². The lowest BCUT2D eigenvalue weighted by Crippen LogP contribution is -2.29. The zero-order valence-corrected chi connectivity index (χ0v) is 35.6. The highest BCUT2D eigenvalue weighted by Crippen LogP contribution is 2.36. The van der Waals surface area contributed by atoms with E-state index in [1.807, 2.05) is 0 Å². The highest BCUT2D eigenvalue weighted by molar-refractivity contribution is 7.46. The van der Waals surface area contributed by atoms with Gasteiger partial charge in [0.15, 0.2) is 6.10 Å². The molecule has 0 heterocycles. The van der Waals surface area contributed by atoms with Gasteiger partial charge in [-0.05, 0) is 38.5 Å². The molecule has 0 radical (unpaired) electrons. The van der Waals surface area contributed by atoms with E-state index in [1.165, 1.54) is 167 Å². The van der Waals surface area contributed by atoms with Crippen LogP contribution in [0.15, 0.2) is 12.2 Å². The summed E-state index contributed by atoms with van der Waals surface area (Å²) in [5, 5.41) is 0. The van der Waals surface area contributed by atoms with Crippen molar-refractivity contribution in [2.24, 2.45) is 0 Å². The van der Waals surface area contributed by atoms with Gasteiger partial charge >= 0.3 is 19.8 Å². The summed E-state index contributed by atoms with van der Waals surface area (Å²) in [4.78, 5) is 42.9. The van der Waals surface area contributed by atoms with Crippen molar-refractivity contribution in [1.29, 1.82) is 0 Å². The van der Waals surface area contributed by atoms with Crippen LogP contribution in [0.5, 0.6) is 0 Å². The summed E-state index contributed by atoms with van der Waals surface area (Å²) in [5.41, 5.74) is 0. The van der Waals surface area contributed by atoms with Gasteiger partial charge in [0.2, 0.25) is 0 Å². The first-order valence-corrected chi connectivity index (χ1v) is 24.0. The molecule has 0 aliphatic rings. The van der Waals surface area contributed by atoms with Crippen LogP contribution in [-0.2, 0) is 28.2 Å². The summed E-state index contributed by atoms with van der Waals surface area (Å²) in [6.07, 6.45) is 45.0. The maximum atomic E-state index is 12.4. The number of carbonyl (C=O) groups excluding carboxylic acids is 2. The molecular formula is C44H85O8P. The Hall–Kier alpha value is -1.21. The van der Waals surface area contributed by atoms with E-state index >= 15 is 0 Å². The van der Waals surface area contributed by atoms with Crippen molar-refractivity contribution in [3.8, 4) is 0 Å². The number of hydrogen-bond donors (Lipinski definition) is 2. The molecule has 0 aromatic heterocycles. The lowest BCUT2D eigenvalue weighted by atomic mass is 10.0. The van der Waals surface area contributed by atoms with Gasteiger partial charge < -0.3 is 19.3 Å². The van der Waals surface area contributed by atoms with Crippen LogP contribution < -0.4 is 0 Å². The van der Waals surface area contributed by atoms with Crippen molar-refractivity contribution in [3.63, 3.8) is 0 Å². The van der Waals surface area contributed by atoms with E-state index in [0.717, 1.165) is 38.5 Å². The highest BCUT2D eigenvalue weighted by atomic mass is 31.2. The number of ether oxygens (including phenoxy) is 2. The monoisotopic (exact) mass is 773 g/mol. The standard InChI is InChI=1S/C44H85O8P/c1-3-5-7-9-11-13-15-17-19-21-22-23-25-27-29-31-33-35-37-39-44(46)52-42(41-51-53(47,48)49)40-50-43(45)38-36-34-32-30-28-26-24-20-18-16-14-12-10-8-6-4-2/h17,19,42H,3-16,18,20-41H2,1-2H3,(H2,47,48,49)/b19-17+/t42-/m1/s1. The molecule has 0 saturated carbocycles. The molecule has 0 spiro atoms. The Morgan fingerprint density at radius 2 is 0.792 bits per heavy atom. The largest absolute Gasteiger partial charge is 0.469 e. The number of phosphoric ester groups is 1. The Labute approximate surface area is 327 Å². The predicted octanol–water partition coefficient (Wildman–Crippen LogP) is 13.8. The fourth-order valence-corrected chi connectivity index (χ4v) is 7.02. The smallest absolute Gasteiger partial charge is 0.462 e. The SMILES string of the molecule is CCCCCCCC/C=C/CCCCCCCCCCCC(=O)O[C@H](COC(=O)CCCCCCCCCCCCCCCCCC)COP(=O)(O)O. The van der Waals surface area contributed by atoms with Gasteiger partial charge in [-0.3, -0.25) is 14.1 Å². The second-order valence-electron chi connectivity index (χ2n) is 15.4. The van der Waals surface area contributed by atoms with Crippen LogP contribution >= 0.6 is 7.82 Å². The van der Waals surface area contributed by atoms with Gasteiger partial charge in [0, 0.05) is 12.8 Å². The van der Waals surface area contributed by atoms with Crippen LogP contribution in [0.2, 0.25) is 0 Å². The second kappa shape index (κ2) is 40.5. The van der Waals surface area contributed by atoms with Gasteiger partial charge in [0.25, 0.3) is 0 Å². The summed E-state index contributed by atoms with van der Waals surface area (Å²) in [5.74, 6) is -0.873. The van der Waals surface area contributed by atoms with Gasteiger partial charge in [-0.2, -0.15) is 0 Å². The normalized spacial score (nSPS) is 12.5. The molecule has 0 unspecified atom stereocenters. The molecule has 53 heavy (non-hydrogen) atoms. The molecule has 0 saturated heterocycles. The zero-order valence-electron chi connectivity index (χ0n) is 34.7. The van der Waals surface area contributed by atoms with Crippen LogP contribution in [0.1, 0.15) is 239 Å². The van der Waals surface area contributed by atoms with Crippen molar-refractivity contribution >= 4 is 19.8 Å². The first-order chi connectivity index (χ1) is 25.8. The van der Waals surface area contributed by atoms with E-state index in [2.05, 4.69) is 30.5 Å². The minimum Gasteiger partial charge on any atom is -0.462 e. The number of unbranched alkanes of at least 4 members (excludes halogenated alkanes) is 30. The minimum absolute atomic E-state index is 0.214. The number of allylic oxidation sites excluding steroid dienone is 2. The third-order valence-corrected chi connectivity index (χ3v) is 10.5. The molecule has 0 aromatic carbocycles. The Morgan fingerprint density at radius 1 is 0.472 bits per heavy atom. The fraction of sp³-hybridized carbons (Fsp3) is 0.909. The molecular weight excluding hydrogens is 687 g/mol. The minimum atomic E-state index is -4.75. The van der Waals surface area contributed by atoms with E-state index in [4.69, 9.17) is 19.3 Å². The Bertz CT molecular complexity index is 873. The van der Waals surface area contributed by atoms with E-state index in [1.54, 1.807) is 0 Å². The Balaban J connectivity index is 3.85. The van der Waals surface area contributed by atoms with Gasteiger partial charge in [0.1, 0.15) is 6.61 Å². The molecule has 1 atom stereocenters. The van der Waals surface area contributed by atoms with E-state index in [9.17, 15) is 14.2 Å². The summed E-state index contributed by atoms with van der Waals surface area (Å²) in [7, 11) is -4.75. The number of rotatable bonds is 42. The van der Waals surface area contributed by atoms with Gasteiger partial charge in [-0.15, -0.1) is 0 Å². The van der Waals surface area contributed by atoms with Crippen LogP contribution in [0, 0.1) is 0 Å². The number of phosphoric acid groups is 1. The van der Waals surface area contributed by atoms with Crippen molar-refractivity contribution in [3.05, 3.63) is 12.2 Å². The first-order valence-electron chi connectivity index (χ1n) is 22.5. The number of hydrogen-bond acceptors (Lipinski definition) is 6. The quantitative estimate of drug-likeness (QED) is 0.0272. The van der Waals surface area contributed by atoms with Crippen molar-refractivity contribution in [1.82, 2.24) is 0 Å². The molecule has 2 N–H and O–H groups in total. The lowest BCUT2D eigenvalue weighted by Gasteiger charge is -2.18. The summed E-state index contributed by atoms with van der Waals surface area (Å²) in [6, 6.07) is 0. The molecule has 9 heteroatoms. The van der Waals surface area contributed by atoms with Crippen molar-refractivity contribution in [2.75, 3.05) is 13.2 Å². The maximum absolute atomic E-state index is 12.4. The molecule has 0 aliphatic heterocycles. The summed E-state index contributed by atoms with van der Waals surface area (Å²) < 4.78 is 26.4. The lowest BCUT2D eigenvalue weighted by molar-refractivity contribution is -0.161. The molecule has 0 amide bonds. The Kier molecular flexibility index (Phi) is 39.5. The maximum Gasteiger partial charge on any atom is 0.469 e. The number of carbonyl (C=O) groups is 2. The first kappa shape index (κ1) is 51.8. The third kappa shape index (κ3) is 43.4. The molecule has 0 aliphatic carbocycles. The Morgan fingerprint density at radius 3 is 1.15 bits per heavy atom. The van der Waals surface area contributed by atoms with Crippen molar-refractivity contribution < 1.29 is 37.9 Å². The number of esters is 2. The predicted molar refractivity (Wildman–Crippen MR) is 221 cm³/mol. The molecule has 0 bridgehead atoms. The zero-order chi connectivity index (χ0) is 38.9. The van der Waals surface area contributed by atoms with Gasteiger partial charge in [0.05, 0.1) is 6.61 Å². The summed E-state index contributed by atoms with van der Waals surface area (Å²) >= 11 is 0. The molecule has 0 aromatic rings. The second-order valence-corrected chi connectivity index (χ2v) is 16.6. The van der Waals surface area contributed by atoms with E-state index in [-0.39, 0.29) is 19.4 Å². The highest BCUT2D eigenvalue weighted by Gasteiger charge is 2.23. The van der Waals surface area contributed by atoms with Crippen LogP contribution in [0.25, 0.3) is 0 Å². The summed E-state index contributed by atoms with van der Waals surface area (Å²) in [6.45, 7) is 3.71. The average Bonchev–Trinajstić information content (AvgIpc) is 3.13. The van der Waals surface area contributed by atoms with E-state index in [0.29, 0.717) is 6.42 Å². The van der Waals surface area contributed by atoms with Gasteiger partial charge in [-0.1, -0.05) is 199 Å². The van der Waals surface area contributed by atoms with Crippen LogP contribution in [0.3, 0.4) is 0 Å². The van der Waals surface area contributed by atoms with Crippen molar-refractivity contribution in [2.45, 2.75) is 245 Å². The van der Waals surface area contributed by atoms with Gasteiger partial charge in [-0.25, -0.2) is 4.57 Å². The molecule has 8 nitrogen and oxygen atoms in total. The fourth-order valence-electron chi connectivity index (χ4n) is 6.66. The van der Waals surface area contributed by atoms with Crippen LogP contribution in [0.4, 0.5) is 0 Å². The average molecular weight is 773 g/mol. The molecule has 0 rings (SSSR count).